The summed E-state index contributed by atoms with van der Waals surface area (Å²) in [6.45, 7) is 2.61. The van der Waals surface area contributed by atoms with E-state index in [1.54, 1.807) is 7.05 Å². The summed E-state index contributed by atoms with van der Waals surface area (Å²) < 4.78 is 13.0. The van der Waals surface area contributed by atoms with Crippen LogP contribution < -0.4 is 5.32 Å². The van der Waals surface area contributed by atoms with E-state index in [9.17, 15) is 4.39 Å². The maximum Gasteiger partial charge on any atom is 0.193 e. The summed E-state index contributed by atoms with van der Waals surface area (Å²) in [5.41, 5.74) is 1.07. The molecule has 0 spiro atoms. The number of benzene rings is 1. The van der Waals surface area contributed by atoms with Crippen LogP contribution in [0.5, 0.6) is 0 Å². The molecule has 0 saturated heterocycles. The molecular formula is C18H30FIN4. The van der Waals surface area contributed by atoms with Crippen LogP contribution in [0.3, 0.4) is 0 Å². The minimum absolute atomic E-state index is 0. The minimum atomic E-state index is -0.200. The number of nitrogens with zero attached hydrogens (tertiary/aromatic N) is 3. The molecule has 2 rings (SSSR count). The Hall–Kier alpha value is -0.890. The van der Waals surface area contributed by atoms with Crippen molar-refractivity contribution in [1.29, 1.82) is 0 Å². The topological polar surface area (TPSA) is 30.9 Å². The number of hydrogen-bond acceptors (Lipinski definition) is 2. The van der Waals surface area contributed by atoms with Gasteiger partial charge in [0.05, 0.1) is 0 Å². The van der Waals surface area contributed by atoms with Crippen molar-refractivity contribution in [2.75, 3.05) is 34.2 Å². The highest BCUT2D eigenvalue weighted by Gasteiger charge is 2.19. The van der Waals surface area contributed by atoms with Gasteiger partial charge in [0.15, 0.2) is 5.96 Å². The van der Waals surface area contributed by atoms with Gasteiger partial charge < -0.3 is 15.1 Å². The number of hydrogen-bond donors (Lipinski definition) is 1. The molecule has 0 unspecified atom stereocenters. The average Bonchev–Trinajstić information content (AvgIpc) is 3.08. The molecule has 1 aliphatic rings. The van der Waals surface area contributed by atoms with Gasteiger partial charge in [0.2, 0.25) is 0 Å². The smallest absolute Gasteiger partial charge is 0.193 e. The lowest BCUT2D eigenvalue weighted by molar-refractivity contribution is 0.248. The summed E-state index contributed by atoms with van der Waals surface area (Å²) in [5, 5.41) is 3.42. The quantitative estimate of drug-likeness (QED) is 0.412. The predicted octanol–water partition coefficient (Wildman–Crippen LogP) is 3.33. The van der Waals surface area contributed by atoms with Crippen LogP contribution in [0.1, 0.15) is 31.2 Å². The number of aliphatic imine (C=N–C) groups is 1. The normalized spacial score (nSPS) is 15.5. The summed E-state index contributed by atoms with van der Waals surface area (Å²) in [4.78, 5) is 8.84. The first-order valence-electron chi connectivity index (χ1n) is 8.46. The standard InChI is InChI=1S/C18H29FN4.HI/c1-20-18(21-12-13-22(2)17-6-4-5-7-17)23(3)14-15-8-10-16(19)11-9-15;/h8-11,17H,4-7,12-14H2,1-3H3,(H,20,21);1H. The van der Waals surface area contributed by atoms with Gasteiger partial charge in [0.25, 0.3) is 0 Å². The molecule has 1 saturated carbocycles. The molecule has 6 heteroatoms. The van der Waals surface area contributed by atoms with Crippen LogP contribution >= 0.6 is 24.0 Å². The highest BCUT2D eigenvalue weighted by atomic mass is 127. The van der Waals surface area contributed by atoms with Crippen molar-refractivity contribution in [3.63, 3.8) is 0 Å². The fourth-order valence-electron chi connectivity index (χ4n) is 3.19. The summed E-state index contributed by atoms with van der Waals surface area (Å²) in [7, 11) is 6.01. The van der Waals surface area contributed by atoms with Crippen molar-refractivity contribution in [2.45, 2.75) is 38.3 Å². The zero-order valence-corrected chi connectivity index (χ0v) is 17.3. The molecule has 0 amide bonds. The molecule has 0 radical (unpaired) electrons. The van der Waals surface area contributed by atoms with Crippen LogP contribution in [0.15, 0.2) is 29.3 Å². The lowest BCUT2D eigenvalue weighted by atomic mass is 10.2. The molecule has 1 aliphatic carbocycles. The molecule has 0 atom stereocenters. The monoisotopic (exact) mass is 448 g/mol. The number of guanidine groups is 1. The molecule has 1 fully saturated rings. The zero-order valence-electron chi connectivity index (χ0n) is 15.0. The van der Waals surface area contributed by atoms with Gasteiger partial charge in [-0.3, -0.25) is 4.99 Å². The maximum absolute atomic E-state index is 13.0. The van der Waals surface area contributed by atoms with E-state index in [0.29, 0.717) is 6.54 Å². The predicted molar refractivity (Wildman–Crippen MR) is 110 cm³/mol. The summed E-state index contributed by atoms with van der Waals surface area (Å²) in [6, 6.07) is 7.36. The fraction of sp³-hybridized carbons (Fsp3) is 0.611. The SMILES string of the molecule is CN=C(NCCN(C)C1CCCC1)N(C)Cc1ccc(F)cc1.I. The Morgan fingerprint density at radius 3 is 2.42 bits per heavy atom. The molecule has 0 aliphatic heterocycles. The van der Waals surface area contributed by atoms with Crippen LogP contribution in [0.25, 0.3) is 0 Å². The Morgan fingerprint density at radius 2 is 1.83 bits per heavy atom. The maximum atomic E-state index is 13.0. The highest BCUT2D eigenvalue weighted by molar-refractivity contribution is 14.0. The van der Waals surface area contributed by atoms with Crippen molar-refractivity contribution >= 4 is 29.9 Å². The Morgan fingerprint density at radius 1 is 1.21 bits per heavy atom. The Bertz CT molecular complexity index is 500. The molecular weight excluding hydrogens is 418 g/mol. The Kier molecular flexibility index (Phi) is 9.58. The molecule has 4 nitrogen and oxygen atoms in total. The molecule has 0 heterocycles. The van der Waals surface area contributed by atoms with Gasteiger partial charge in [0.1, 0.15) is 5.82 Å². The minimum Gasteiger partial charge on any atom is -0.355 e. The van der Waals surface area contributed by atoms with E-state index >= 15 is 0 Å². The lowest BCUT2D eigenvalue weighted by Gasteiger charge is -2.26. The molecule has 0 bridgehead atoms. The summed E-state index contributed by atoms with van der Waals surface area (Å²) in [6.07, 6.45) is 5.39. The van der Waals surface area contributed by atoms with E-state index in [1.165, 1.54) is 37.8 Å². The van der Waals surface area contributed by atoms with Gasteiger partial charge in [-0.2, -0.15) is 0 Å². The number of rotatable bonds is 6. The van der Waals surface area contributed by atoms with E-state index in [1.807, 2.05) is 19.2 Å². The second-order valence-electron chi connectivity index (χ2n) is 6.38. The summed E-state index contributed by atoms with van der Waals surface area (Å²) >= 11 is 0. The van der Waals surface area contributed by atoms with Crippen LogP contribution in [0, 0.1) is 5.82 Å². The molecule has 0 aromatic heterocycles. The second-order valence-corrected chi connectivity index (χ2v) is 6.38. The first kappa shape index (κ1) is 21.2. The zero-order chi connectivity index (χ0) is 16.7. The lowest BCUT2D eigenvalue weighted by Crippen LogP contribution is -2.43. The van der Waals surface area contributed by atoms with E-state index in [-0.39, 0.29) is 29.8 Å². The number of likely N-dealkylation sites (N-methyl/N-ethyl adjacent to an activating group) is 1. The third-order valence-corrected chi connectivity index (χ3v) is 4.60. The van der Waals surface area contributed by atoms with E-state index < -0.39 is 0 Å². The Labute approximate surface area is 162 Å². The molecule has 1 aromatic carbocycles. The third kappa shape index (κ3) is 6.55. The van der Waals surface area contributed by atoms with Crippen LogP contribution in [-0.2, 0) is 6.54 Å². The van der Waals surface area contributed by atoms with Crippen molar-refractivity contribution in [1.82, 2.24) is 15.1 Å². The summed E-state index contributed by atoms with van der Waals surface area (Å²) in [5.74, 6) is 0.669. The van der Waals surface area contributed by atoms with Crippen molar-refractivity contribution in [3.8, 4) is 0 Å². The van der Waals surface area contributed by atoms with Crippen LogP contribution in [-0.4, -0.2) is 56.0 Å². The number of halogens is 2. The number of nitrogens with one attached hydrogen (secondary N) is 1. The van der Waals surface area contributed by atoms with Crippen LogP contribution in [0.4, 0.5) is 4.39 Å². The largest absolute Gasteiger partial charge is 0.355 e. The fourth-order valence-corrected chi connectivity index (χ4v) is 3.19. The van der Waals surface area contributed by atoms with Crippen molar-refractivity contribution in [3.05, 3.63) is 35.6 Å². The Balaban J connectivity index is 0.00000288. The van der Waals surface area contributed by atoms with Gasteiger partial charge in [0, 0.05) is 39.8 Å². The van der Waals surface area contributed by atoms with E-state index in [0.717, 1.165) is 30.7 Å². The molecule has 1 N–H and O–H groups in total. The molecule has 136 valence electrons. The van der Waals surface area contributed by atoms with Gasteiger partial charge in [-0.1, -0.05) is 25.0 Å². The molecule has 1 aromatic rings. The molecule has 24 heavy (non-hydrogen) atoms. The first-order chi connectivity index (χ1) is 11.1. The third-order valence-electron chi connectivity index (χ3n) is 4.60. The van der Waals surface area contributed by atoms with Gasteiger partial charge in [-0.25, -0.2) is 4.39 Å². The van der Waals surface area contributed by atoms with E-state index in [4.69, 9.17) is 0 Å². The van der Waals surface area contributed by atoms with Crippen LogP contribution in [0.2, 0.25) is 0 Å². The van der Waals surface area contributed by atoms with Gasteiger partial charge in [-0.15, -0.1) is 24.0 Å². The van der Waals surface area contributed by atoms with Crippen molar-refractivity contribution in [2.24, 2.45) is 4.99 Å². The average molecular weight is 448 g/mol. The highest BCUT2D eigenvalue weighted by Crippen LogP contribution is 2.21. The van der Waals surface area contributed by atoms with Gasteiger partial charge >= 0.3 is 0 Å². The second kappa shape index (κ2) is 10.9. The van der Waals surface area contributed by atoms with Gasteiger partial charge in [-0.05, 0) is 37.6 Å². The van der Waals surface area contributed by atoms with Crippen molar-refractivity contribution < 1.29 is 4.39 Å². The first-order valence-corrected chi connectivity index (χ1v) is 8.46. The van der Waals surface area contributed by atoms with E-state index in [2.05, 4.69) is 27.2 Å².